The summed E-state index contributed by atoms with van der Waals surface area (Å²) in [4.78, 5) is 7.15. The summed E-state index contributed by atoms with van der Waals surface area (Å²) in [7, 11) is 2.19. The van der Waals surface area contributed by atoms with Crippen molar-refractivity contribution in [1.82, 2.24) is 15.5 Å². The molecular formula is C18H30ClIN4. The number of hydrogen-bond acceptors (Lipinski definition) is 2. The Labute approximate surface area is 168 Å². The zero-order valence-corrected chi connectivity index (χ0v) is 17.8. The summed E-state index contributed by atoms with van der Waals surface area (Å²) < 4.78 is 0. The van der Waals surface area contributed by atoms with Crippen molar-refractivity contribution in [2.24, 2.45) is 10.9 Å². The second-order valence-corrected chi connectivity index (χ2v) is 6.64. The second kappa shape index (κ2) is 11.9. The third-order valence-corrected chi connectivity index (χ3v) is 4.70. The second-order valence-electron chi connectivity index (χ2n) is 6.23. The Morgan fingerprint density at radius 3 is 2.62 bits per heavy atom. The average Bonchev–Trinajstić information content (AvgIpc) is 2.56. The molecule has 2 rings (SSSR count). The first-order valence-corrected chi connectivity index (χ1v) is 9.01. The van der Waals surface area contributed by atoms with Gasteiger partial charge in [-0.05, 0) is 63.9 Å². The predicted octanol–water partition coefficient (Wildman–Crippen LogP) is 3.40. The van der Waals surface area contributed by atoms with Crippen molar-refractivity contribution in [1.29, 1.82) is 0 Å². The van der Waals surface area contributed by atoms with E-state index in [1.807, 2.05) is 18.2 Å². The summed E-state index contributed by atoms with van der Waals surface area (Å²) in [6.45, 7) is 7.11. The molecule has 0 spiro atoms. The SMILES string of the molecule is CCNC(=NCC1CCN(C)CC1)NCCc1ccccc1Cl.I. The fourth-order valence-corrected chi connectivity index (χ4v) is 3.05. The van der Waals surface area contributed by atoms with Crippen molar-refractivity contribution in [3.05, 3.63) is 34.9 Å². The Kier molecular flexibility index (Phi) is 10.7. The topological polar surface area (TPSA) is 39.7 Å². The van der Waals surface area contributed by atoms with Gasteiger partial charge in [-0.3, -0.25) is 4.99 Å². The lowest BCUT2D eigenvalue weighted by Gasteiger charge is -2.28. The Morgan fingerprint density at radius 2 is 1.96 bits per heavy atom. The molecule has 0 aromatic heterocycles. The molecule has 6 heteroatoms. The Bertz CT molecular complexity index is 502. The summed E-state index contributed by atoms with van der Waals surface area (Å²) in [6.07, 6.45) is 3.40. The van der Waals surface area contributed by atoms with Gasteiger partial charge in [0.05, 0.1) is 0 Å². The van der Waals surface area contributed by atoms with E-state index in [2.05, 4.69) is 35.6 Å². The molecule has 24 heavy (non-hydrogen) atoms. The summed E-state index contributed by atoms with van der Waals surface area (Å²) in [6, 6.07) is 8.01. The van der Waals surface area contributed by atoms with Gasteiger partial charge in [0.15, 0.2) is 5.96 Å². The summed E-state index contributed by atoms with van der Waals surface area (Å²) >= 11 is 6.20. The van der Waals surface area contributed by atoms with Crippen LogP contribution in [0.25, 0.3) is 0 Å². The molecule has 0 atom stereocenters. The molecule has 1 aliphatic heterocycles. The molecule has 0 bridgehead atoms. The van der Waals surface area contributed by atoms with E-state index in [1.54, 1.807) is 0 Å². The molecule has 0 aliphatic carbocycles. The minimum Gasteiger partial charge on any atom is -0.357 e. The minimum atomic E-state index is 0. The molecule has 0 saturated carbocycles. The number of halogens is 2. The number of piperidine rings is 1. The van der Waals surface area contributed by atoms with E-state index in [-0.39, 0.29) is 24.0 Å². The third kappa shape index (κ3) is 7.57. The molecule has 136 valence electrons. The van der Waals surface area contributed by atoms with Gasteiger partial charge >= 0.3 is 0 Å². The molecular weight excluding hydrogens is 435 g/mol. The predicted molar refractivity (Wildman–Crippen MR) is 115 cm³/mol. The molecule has 1 aromatic carbocycles. The van der Waals surface area contributed by atoms with Crippen molar-refractivity contribution in [2.75, 3.05) is 39.8 Å². The van der Waals surface area contributed by atoms with Crippen LogP contribution >= 0.6 is 35.6 Å². The monoisotopic (exact) mass is 464 g/mol. The third-order valence-electron chi connectivity index (χ3n) is 4.33. The molecule has 4 nitrogen and oxygen atoms in total. The van der Waals surface area contributed by atoms with E-state index in [1.165, 1.54) is 31.5 Å². The van der Waals surface area contributed by atoms with Crippen molar-refractivity contribution >= 4 is 41.5 Å². The quantitative estimate of drug-likeness (QED) is 0.385. The standard InChI is InChI=1S/C18H29ClN4.HI/c1-3-20-18(22-14-15-9-12-23(2)13-10-15)21-11-8-16-6-4-5-7-17(16)19;/h4-7,15H,3,8-14H2,1-2H3,(H2,20,21,22);1H. The molecule has 1 aromatic rings. The highest BCUT2D eigenvalue weighted by molar-refractivity contribution is 14.0. The molecule has 1 fully saturated rings. The summed E-state index contributed by atoms with van der Waals surface area (Å²) in [5, 5.41) is 7.58. The van der Waals surface area contributed by atoms with Gasteiger partial charge in [0.25, 0.3) is 0 Å². The molecule has 1 saturated heterocycles. The first-order valence-electron chi connectivity index (χ1n) is 8.63. The lowest BCUT2D eigenvalue weighted by Crippen LogP contribution is -2.39. The minimum absolute atomic E-state index is 0. The van der Waals surface area contributed by atoms with Crippen LogP contribution in [0.4, 0.5) is 0 Å². The first kappa shape index (κ1) is 21.5. The van der Waals surface area contributed by atoms with Crippen molar-refractivity contribution < 1.29 is 0 Å². The van der Waals surface area contributed by atoms with Gasteiger partial charge in [0.2, 0.25) is 0 Å². The van der Waals surface area contributed by atoms with E-state index in [0.717, 1.165) is 37.0 Å². The van der Waals surface area contributed by atoms with Gasteiger partial charge in [0, 0.05) is 24.7 Å². The van der Waals surface area contributed by atoms with E-state index in [9.17, 15) is 0 Å². The summed E-state index contributed by atoms with van der Waals surface area (Å²) in [5.41, 5.74) is 1.17. The lowest BCUT2D eigenvalue weighted by atomic mass is 9.97. The molecule has 0 amide bonds. The smallest absolute Gasteiger partial charge is 0.191 e. The fraction of sp³-hybridized carbons (Fsp3) is 0.611. The van der Waals surface area contributed by atoms with Gasteiger partial charge in [-0.15, -0.1) is 24.0 Å². The number of benzene rings is 1. The zero-order chi connectivity index (χ0) is 16.5. The van der Waals surface area contributed by atoms with Gasteiger partial charge < -0.3 is 15.5 Å². The van der Waals surface area contributed by atoms with Crippen molar-refractivity contribution in [3.63, 3.8) is 0 Å². The Hall–Kier alpha value is -0.530. The van der Waals surface area contributed by atoms with E-state index in [0.29, 0.717) is 5.92 Å². The maximum Gasteiger partial charge on any atom is 0.191 e. The number of aliphatic imine (C=N–C) groups is 1. The van der Waals surface area contributed by atoms with Crippen LogP contribution in [0.2, 0.25) is 5.02 Å². The highest BCUT2D eigenvalue weighted by atomic mass is 127. The van der Waals surface area contributed by atoms with Crippen LogP contribution in [-0.2, 0) is 6.42 Å². The van der Waals surface area contributed by atoms with Crippen LogP contribution in [0.1, 0.15) is 25.3 Å². The van der Waals surface area contributed by atoms with Gasteiger partial charge in [0.1, 0.15) is 0 Å². The maximum atomic E-state index is 6.20. The van der Waals surface area contributed by atoms with Crippen LogP contribution < -0.4 is 10.6 Å². The molecule has 1 aliphatic rings. The molecule has 0 radical (unpaired) electrons. The van der Waals surface area contributed by atoms with Crippen LogP contribution in [0, 0.1) is 5.92 Å². The fourth-order valence-electron chi connectivity index (χ4n) is 2.82. The molecule has 2 N–H and O–H groups in total. The Balaban J connectivity index is 0.00000288. The van der Waals surface area contributed by atoms with Crippen molar-refractivity contribution in [2.45, 2.75) is 26.2 Å². The number of rotatable bonds is 6. The lowest BCUT2D eigenvalue weighted by molar-refractivity contribution is 0.223. The summed E-state index contributed by atoms with van der Waals surface area (Å²) in [5.74, 6) is 1.63. The van der Waals surface area contributed by atoms with Crippen molar-refractivity contribution in [3.8, 4) is 0 Å². The van der Waals surface area contributed by atoms with Crippen LogP contribution in [0.3, 0.4) is 0 Å². The average molecular weight is 465 g/mol. The van der Waals surface area contributed by atoms with E-state index >= 15 is 0 Å². The largest absolute Gasteiger partial charge is 0.357 e. The number of guanidine groups is 1. The highest BCUT2D eigenvalue weighted by Crippen LogP contribution is 2.16. The maximum absolute atomic E-state index is 6.20. The number of likely N-dealkylation sites (tertiary alicyclic amines) is 1. The molecule has 1 heterocycles. The van der Waals surface area contributed by atoms with E-state index in [4.69, 9.17) is 16.6 Å². The van der Waals surface area contributed by atoms with Gasteiger partial charge in [-0.25, -0.2) is 0 Å². The number of nitrogens with one attached hydrogen (secondary N) is 2. The first-order chi connectivity index (χ1) is 11.2. The molecule has 0 unspecified atom stereocenters. The van der Waals surface area contributed by atoms with Gasteiger partial charge in [-0.1, -0.05) is 29.8 Å². The normalized spacial score (nSPS) is 16.5. The van der Waals surface area contributed by atoms with E-state index < -0.39 is 0 Å². The number of hydrogen-bond donors (Lipinski definition) is 2. The zero-order valence-electron chi connectivity index (χ0n) is 14.7. The van der Waals surface area contributed by atoms with Gasteiger partial charge in [-0.2, -0.15) is 0 Å². The highest BCUT2D eigenvalue weighted by Gasteiger charge is 2.16. The Morgan fingerprint density at radius 1 is 1.25 bits per heavy atom. The van der Waals surface area contributed by atoms with Crippen LogP contribution in [0.5, 0.6) is 0 Å². The number of nitrogens with zero attached hydrogens (tertiary/aromatic N) is 2. The van der Waals surface area contributed by atoms with Crippen LogP contribution in [0.15, 0.2) is 29.3 Å². The van der Waals surface area contributed by atoms with Crippen LogP contribution in [-0.4, -0.2) is 50.6 Å².